The van der Waals surface area contributed by atoms with Gasteiger partial charge in [0.2, 0.25) is 11.8 Å². The highest BCUT2D eigenvalue weighted by atomic mass is 32.2. The van der Waals surface area contributed by atoms with Crippen molar-refractivity contribution in [1.82, 2.24) is 20.4 Å². The number of unbranched alkanes of at least 4 members (excludes halogenated alkanes) is 4. The van der Waals surface area contributed by atoms with Gasteiger partial charge in [-0.05, 0) is 51.4 Å². The van der Waals surface area contributed by atoms with E-state index in [1.54, 1.807) is 9.80 Å². The van der Waals surface area contributed by atoms with Crippen molar-refractivity contribution in [3.8, 4) is 0 Å². The number of thioether (sulfide) groups is 2. The molecule has 0 aromatic carbocycles. The van der Waals surface area contributed by atoms with Crippen LogP contribution in [0.2, 0.25) is 0 Å². The van der Waals surface area contributed by atoms with Gasteiger partial charge in [0.15, 0.2) is 0 Å². The van der Waals surface area contributed by atoms with Crippen LogP contribution in [-0.4, -0.2) is 67.2 Å². The molecule has 232 valence electrons. The van der Waals surface area contributed by atoms with Crippen LogP contribution in [0.15, 0.2) is 9.81 Å². The summed E-state index contributed by atoms with van der Waals surface area (Å²) in [5, 5.41) is 6.30. The maximum Gasteiger partial charge on any atom is 0.267 e. The van der Waals surface area contributed by atoms with Gasteiger partial charge < -0.3 is 10.6 Å². The van der Waals surface area contributed by atoms with E-state index in [0.717, 1.165) is 64.2 Å². The molecule has 0 aromatic rings. The Morgan fingerprint density at radius 3 is 1.38 bits per heavy atom. The molecule has 2 heterocycles. The van der Waals surface area contributed by atoms with Gasteiger partial charge >= 0.3 is 0 Å². The van der Waals surface area contributed by atoms with Gasteiger partial charge in [-0.2, -0.15) is 0 Å². The minimum absolute atomic E-state index is 0.120. The number of carbonyl (C=O) groups excluding carboxylic acids is 4. The number of nitrogens with zero attached hydrogens (tertiary/aromatic N) is 2. The molecule has 0 radical (unpaired) electrons. The van der Waals surface area contributed by atoms with E-state index in [1.165, 1.54) is 62.0 Å². The Bertz CT molecular complexity index is 988. The van der Waals surface area contributed by atoms with Gasteiger partial charge in [0.1, 0.15) is 8.64 Å². The number of thiocarbonyl (C=S) groups is 2. The van der Waals surface area contributed by atoms with Crippen LogP contribution in [0.1, 0.15) is 116 Å². The first kappa shape index (κ1) is 33.4. The van der Waals surface area contributed by atoms with Crippen molar-refractivity contribution >= 4 is 80.2 Å². The van der Waals surface area contributed by atoms with Gasteiger partial charge in [-0.25, -0.2) is 0 Å². The molecular weight excluding hydrogens is 609 g/mol. The fourth-order valence-corrected chi connectivity index (χ4v) is 8.79. The third kappa shape index (κ3) is 9.75. The summed E-state index contributed by atoms with van der Waals surface area (Å²) in [5.41, 5.74) is 0. The number of nitrogens with one attached hydrogen (secondary N) is 2. The molecule has 2 saturated heterocycles. The molecule has 4 rings (SSSR count). The maximum atomic E-state index is 13.2. The number of hydrogen-bond donors (Lipinski definition) is 2. The van der Waals surface area contributed by atoms with Crippen LogP contribution in [-0.2, 0) is 19.2 Å². The van der Waals surface area contributed by atoms with Crippen LogP contribution in [0.3, 0.4) is 0 Å². The van der Waals surface area contributed by atoms with Gasteiger partial charge in [0.05, 0.1) is 9.81 Å². The van der Waals surface area contributed by atoms with E-state index in [9.17, 15) is 19.2 Å². The third-order valence-corrected chi connectivity index (χ3v) is 11.4. The van der Waals surface area contributed by atoms with E-state index < -0.39 is 0 Å². The van der Waals surface area contributed by atoms with E-state index in [1.807, 2.05) is 0 Å². The van der Waals surface area contributed by atoms with Gasteiger partial charge in [-0.15, -0.1) is 0 Å². The fourth-order valence-electron chi connectivity index (χ4n) is 6.01. The van der Waals surface area contributed by atoms with Crippen molar-refractivity contribution in [1.29, 1.82) is 0 Å². The lowest BCUT2D eigenvalue weighted by atomic mass is 9.95. The number of amides is 4. The van der Waals surface area contributed by atoms with Crippen molar-refractivity contribution in [2.24, 2.45) is 0 Å². The lowest BCUT2D eigenvalue weighted by Gasteiger charge is -2.22. The van der Waals surface area contributed by atoms with Crippen molar-refractivity contribution in [2.75, 3.05) is 13.1 Å². The van der Waals surface area contributed by atoms with Crippen LogP contribution in [0.4, 0.5) is 0 Å². The summed E-state index contributed by atoms with van der Waals surface area (Å²) in [4.78, 5) is 54.7. The van der Waals surface area contributed by atoms with Gasteiger partial charge in [0, 0.05) is 38.0 Å². The molecule has 2 saturated carbocycles. The van der Waals surface area contributed by atoms with Crippen LogP contribution in [0.5, 0.6) is 0 Å². The summed E-state index contributed by atoms with van der Waals surface area (Å²) in [6.07, 6.45) is 17.3. The Balaban J connectivity index is 1.14. The Hall–Kier alpha value is -1.50. The summed E-state index contributed by atoms with van der Waals surface area (Å²) < 4.78 is 0.920. The summed E-state index contributed by atoms with van der Waals surface area (Å²) in [6.45, 7) is 0.958. The molecule has 2 N–H and O–H groups in total. The molecule has 4 aliphatic rings. The number of hydrogen-bond acceptors (Lipinski definition) is 8. The quantitative estimate of drug-likeness (QED) is 0.135. The number of rotatable bonds is 14. The second kappa shape index (κ2) is 17.1. The lowest BCUT2D eigenvalue weighted by Crippen LogP contribution is -2.36. The molecule has 2 aliphatic heterocycles. The van der Waals surface area contributed by atoms with E-state index in [2.05, 4.69) is 10.6 Å². The predicted molar refractivity (Wildman–Crippen MR) is 178 cm³/mol. The Labute approximate surface area is 269 Å². The lowest BCUT2D eigenvalue weighted by molar-refractivity contribution is -0.124. The van der Waals surface area contributed by atoms with Crippen LogP contribution in [0, 0.1) is 0 Å². The van der Waals surface area contributed by atoms with Crippen molar-refractivity contribution in [3.63, 3.8) is 0 Å². The molecule has 0 spiro atoms. The van der Waals surface area contributed by atoms with Crippen molar-refractivity contribution in [3.05, 3.63) is 9.81 Å². The van der Waals surface area contributed by atoms with E-state index in [0.29, 0.717) is 56.5 Å². The first-order valence-electron chi connectivity index (χ1n) is 15.7. The number of carbonyl (C=O) groups is 4. The highest BCUT2D eigenvalue weighted by Crippen LogP contribution is 2.42. The van der Waals surface area contributed by atoms with Crippen molar-refractivity contribution < 1.29 is 19.2 Å². The molecular formula is C30H44N4O4S4. The van der Waals surface area contributed by atoms with Gasteiger partial charge in [-0.3, -0.25) is 29.0 Å². The normalized spacial score (nSPS) is 22.4. The standard InChI is InChI=1S/C30H44N4O4S4/c35-23(31-21-13-5-1-6-14-21)17-9-3-11-19-33-27(37)25(41-29(33)39)26-28(38)34(30(40)42-26)20-12-4-10-18-24(36)32-22-15-7-2-8-16-22/h21-22H,1-20H2,(H,31,35)(H,32,36). The second-order valence-corrected chi connectivity index (χ2v) is 15.0. The summed E-state index contributed by atoms with van der Waals surface area (Å²) in [6, 6.07) is 0.663. The average Bonchev–Trinajstić information content (AvgIpc) is 3.42. The van der Waals surface area contributed by atoms with Crippen LogP contribution >= 0.6 is 48.0 Å². The molecule has 2 aliphatic carbocycles. The smallest absolute Gasteiger partial charge is 0.267 e. The summed E-state index contributed by atoms with van der Waals surface area (Å²) in [7, 11) is 0. The molecule has 0 aromatic heterocycles. The largest absolute Gasteiger partial charge is 0.353 e. The molecule has 4 fully saturated rings. The molecule has 0 atom stereocenters. The van der Waals surface area contributed by atoms with Crippen LogP contribution in [0.25, 0.3) is 0 Å². The van der Waals surface area contributed by atoms with E-state index in [4.69, 9.17) is 24.4 Å². The average molecular weight is 653 g/mol. The van der Waals surface area contributed by atoms with E-state index >= 15 is 0 Å². The minimum Gasteiger partial charge on any atom is -0.353 e. The Kier molecular flexibility index (Phi) is 13.6. The Morgan fingerprint density at radius 2 is 1.00 bits per heavy atom. The minimum atomic E-state index is -0.232. The molecule has 12 heteroatoms. The first-order valence-corrected chi connectivity index (χ1v) is 18.2. The first-order chi connectivity index (χ1) is 20.3. The molecule has 0 unspecified atom stereocenters. The van der Waals surface area contributed by atoms with Gasteiger partial charge in [0.25, 0.3) is 11.8 Å². The SMILES string of the molecule is O=C(CCCCCN1C(=O)C(=C2SC(=S)N(CCCCCC(=O)NC3CCCCC3)C2=O)SC1=S)NC1CCCCC1. The monoisotopic (exact) mass is 652 g/mol. The van der Waals surface area contributed by atoms with E-state index in [-0.39, 0.29) is 23.6 Å². The fraction of sp³-hybridized carbons (Fsp3) is 0.733. The highest BCUT2D eigenvalue weighted by molar-refractivity contribution is 8.29. The second-order valence-electron chi connectivity index (χ2n) is 11.7. The summed E-state index contributed by atoms with van der Waals surface area (Å²) in [5.74, 6) is -0.224. The zero-order chi connectivity index (χ0) is 29.9. The molecule has 4 amide bonds. The Morgan fingerprint density at radius 1 is 0.619 bits per heavy atom. The third-order valence-electron chi connectivity index (χ3n) is 8.42. The van der Waals surface area contributed by atoms with Crippen LogP contribution < -0.4 is 10.6 Å². The predicted octanol–water partition coefficient (Wildman–Crippen LogP) is 5.94. The van der Waals surface area contributed by atoms with Gasteiger partial charge in [-0.1, -0.05) is 99.3 Å². The zero-order valence-electron chi connectivity index (χ0n) is 24.5. The molecule has 8 nitrogen and oxygen atoms in total. The zero-order valence-corrected chi connectivity index (χ0v) is 27.7. The maximum absolute atomic E-state index is 13.2. The molecule has 0 bridgehead atoms. The highest BCUT2D eigenvalue weighted by Gasteiger charge is 2.41. The molecule has 42 heavy (non-hydrogen) atoms. The summed E-state index contributed by atoms with van der Waals surface area (Å²) >= 11 is 13.3. The van der Waals surface area contributed by atoms with Crippen molar-refractivity contribution in [2.45, 2.75) is 128 Å². The topological polar surface area (TPSA) is 98.8 Å².